The number of nitrogens with zero attached hydrogens (tertiary/aromatic N) is 4. The summed E-state index contributed by atoms with van der Waals surface area (Å²) in [7, 11) is 0. The van der Waals surface area contributed by atoms with E-state index in [2.05, 4.69) is 27.8 Å². The van der Waals surface area contributed by atoms with E-state index >= 15 is 0 Å². The maximum Gasteiger partial charge on any atom is 0.255 e. The lowest BCUT2D eigenvalue weighted by molar-refractivity contribution is -0.113. The van der Waals surface area contributed by atoms with Gasteiger partial charge in [-0.25, -0.2) is 4.68 Å². The SMILES string of the molecule is CC1=C(C(=O)Nc2cccnc2)C(c2ccc(O)cc2)n2nc(-c3cccc4ccccc34)nc2N1. The van der Waals surface area contributed by atoms with E-state index in [4.69, 9.17) is 10.1 Å². The standard InChI is InChI=1S/C28H22N6O2/c1-17-24(27(36)31-20-8-5-15-29-16-20)25(19-11-13-21(35)14-12-19)34-28(30-17)32-26(33-34)23-10-4-7-18-6-2-3-9-22(18)23/h2-16,25,35H,1H3,(H,31,36)(H,30,32,33). The van der Waals surface area contributed by atoms with Crippen molar-refractivity contribution in [2.45, 2.75) is 13.0 Å². The van der Waals surface area contributed by atoms with Crippen molar-refractivity contribution < 1.29 is 9.90 Å². The van der Waals surface area contributed by atoms with Crippen LogP contribution in [0.5, 0.6) is 5.75 Å². The predicted octanol–water partition coefficient (Wildman–Crippen LogP) is 5.13. The molecule has 0 fully saturated rings. The zero-order valence-electron chi connectivity index (χ0n) is 19.4. The van der Waals surface area contributed by atoms with Crippen molar-refractivity contribution >= 4 is 28.3 Å². The molecule has 8 nitrogen and oxygen atoms in total. The molecule has 5 aromatic rings. The van der Waals surface area contributed by atoms with Crippen molar-refractivity contribution in [1.29, 1.82) is 0 Å². The smallest absolute Gasteiger partial charge is 0.255 e. The summed E-state index contributed by atoms with van der Waals surface area (Å²) in [5.41, 5.74) is 3.44. The van der Waals surface area contributed by atoms with Gasteiger partial charge in [0.2, 0.25) is 5.95 Å². The normalized spacial score (nSPS) is 14.9. The van der Waals surface area contributed by atoms with Crippen molar-refractivity contribution in [1.82, 2.24) is 19.7 Å². The second kappa shape index (κ2) is 8.66. The molecule has 0 bridgehead atoms. The van der Waals surface area contributed by atoms with Crippen LogP contribution in [0.2, 0.25) is 0 Å². The molecule has 3 aromatic carbocycles. The highest BCUT2D eigenvalue weighted by Gasteiger charge is 2.34. The van der Waals surface area contributed by atoms with E-state index in [0.717, 1.165) is 21.9 Å². The number of carbonyl (C=O) groups excluding carboxylic acids is 1. The van der Waals surface area contributed by atoms with Crippen molar-refractivity contribution in [3.63, 3.8) is 0 Å². The number of hydrogen-bond donors (Lipinski definition) is 3. The third-order valence-corrected chi connectivity index (χ3v) is 6.26. The number of benzene rings is 3. The van der Waals surface area contributed by atoms with Crippen molar-refractivity contribution in [2.24, 2.45) is 0 Å². The van der Waals surface area contributed by atoms with Crippen LogP contribution in [-0.2, 0) is 4.79 Å². The lowest BCUT2D eigenvalue weighted by Crippen LogP contribution is -2.31. The first kappa shape index (κ1) is 21.5. The lowest BCUT2D eigenvalue weighted by atomic mass is 9.95. The van der Waals surface area contributed by atoms with Crippen LogP contribution in [0.4, 0.5) is 11.6 Å². The monoisotopic (exact) mass is 474 g/mol. The maximum absolute atomic E-state index is 13.5. The Morgan fingerprint density at radius 3 is 2.61 bits per heavy atom. The number of phenolic OH excluding ortho intramolecular Hbond substituents is 1. The average Bonchev–Trinajstić information content (AvgIpc) is 3.32. The molecule has 2 aromatic heterocycles. The van der Waals surface area contributed by atoms with Crippen LogP contribution >= 0.6 is 0 Å². The number of aromatic hydroxyl groups is 1. The van der Waals surface area contributed by atoms with Crippen LogP contribution < -0.4 is 10.6 Å². The third-order valence-electron chi connectivity index (χ3n) is 6.26. The second-order valence-electron chi connectivity index (χ2n) is 8.58. The molecule has 3 N–H and O–H groups in total. The van der Waals surface area contributed by atoms with Crippen molar-refractivity contribution in [2.75, 3.05) is 10.6 Å². The van der Waals surface area contributed by atoms with Crippen LogP contribution in [0.3, 0.4) is 0 Å². The minimum absolute atomic E-state index is 0.144. The molecule has 0 saturated heterocycles. The van der Waals surface area contributed by atoms with Gasteiger partial charge in [-0.3, -0.25) is 9.78 Å². The molecule has 1 atom stereocenters. The molecule has 8 heteroatoms. The van der Waals surface area contributed by atoms with E-state index in [0.29, 0.717) is 28.7 Å². The molecule has 1 unspecified atom stereocenters. The van der Waals surface area contributed by atoms with E-state index in [-0.39, 0.29) is 11.7 Å². The number of amides is 1. The van der Waals surface area contributed by atoms with Gasteiger partial charge >= 0.3 is 0 Å². The summed E-state index contributed by atoms with van der Waals surface area (Å²) in [6, 6.07) is 23.9. The molecule has 1 amide bonds. The summed E-state index contributed by atoms with van der Waals surface area (Å²) >= 11 is 0. The molecule has 6 rings (SSSR count). The molecule has 0 spiro atoms. The first-order chi connectivity index (χ1) is 17.6. The highest BCUT2D eigenvalue weighted by Crippen LogP contribution is 2.38. The summed E-state index contributed by atoms with van der Waals surface area (Å²) in [4.78, 5) is 22.4. The molecule has 36 heavy (non-hydrogen) atoms. The predicted molar refractivity (Wildman–Crippen MR) is 138 cm³/mol. The van der Waals surface area contributed by atoms with Crippen LogP contribution in [-0.4, -0.2) is 30.8 Å². The van der Waals surface area contributed by atoms with Gasteiger partial charge in [0.25, 0.3) is 5.91 Å². The number of anilines is 2. The molecule has 0 radical (unpaired) electrons. The third kappa shape index (κ3) is 3.74. The summed E-state index contributed by atoms with van der Waals surface area (Å²) < 4.78 is 1.73. The molecule has 176 valence electrons. The summed E-state index contributed by atoms with van der Waals surface area (Å²) in [6.07, 6.45) is 3.25. The summed E-state index contributed by atoms with van der Waals surface area (Å²) in [6.45, 7) is 1.85. The van der Waals surface area contributed by atoms with Gasteiger partial charge in [0.05, 0.1) is 17.5 Å². The van der Waals surface area contributed by atoms with Gasteiger partial charge in [0.15, 0.2) is 5.82 Å². The quantitative estimate of drug-likeness (QED) is 0.334. The average molecular weight is 475 g/mol. The van der Waals surface area contributed by atoms with Gasteiger partial charge < -0.3 is 15.7 Å². The Balaban J connectivity index is 1.48. The first-order valence-corrected chi connectivity index (χ1v) is 11.5. The number of hydrogen-bond acceptors (Lipinski definition) is 6. The maximum atomic E-state index is 13.5. The van der Waals surface area contributed by atoms with Gasteiger partial charge in [0.1, 0.15) is 11.8 Å². The number of fused-ring (bicyclic) bond motifs is 2. The van der Waals surface area contributed by atoms with Crippen LogP contribution in [0.15, 0.2) is 103 Å². The highest BCUT2D eigenvalue weighted by molar-refractivity contribution is 6.06. The molecule has 3 heterocycles. The largest absolute Gasteiger partial charge is 0.508 e. The summed E-state index contributed by atoms with van der Waals surface area (Å²) in [5.74, 6) is 0.954. The molecule has 0 aliphatic carbocycles. The Kier molecular flexibility index (Phi) is 5.19. The van der Waals surface area contributed by atoms with Gasteiger partial charge in [-0.05, 0) is 47.5 Å². The molecule has 0 saturated carbocycles. The number of nitrogens with one attached hydrogen (secondary N) is 2. The van der Waals surface area contributed by atoms with Crippen molar-refractivity contribution in [3.05, 3.63) is 108 Å². The minimum atomic E-state index is -0.560. The van der Waals surface area contributed by atoms with Crippen LogP contribution in [0.25, 0.3) is 22.2 Å². The first-order valence-electron chi connectivity index (χ1n) is 11.5. The van der Waals surface area contributed by atoms with Crippen LogP contribution in [0.1, 0.15) is 18.5 Å². The Bertz CT molecular complexity index is 1620. The molecular weight excluding hydrogens is 452 g/mol. The Labute approximate surface area is 207 Å². The molecule has 1 aliphatic heterocycles. The molecule has 1 aliphatic rings. The van der Waals surface area contributed by atoms with Crippen LogP contribution in [0, 0.1) is 0 Å². The van der Waals surface area contributed by atoms with Crippen molar-refractivity contribution in [3.8, 4) is 17.1 Å². The van der Waals surface area contributed by atoms with Gasteiger partial charge in [-0.1, -0.05) is 54.6 Å². The number of rotatable bonds is 4. The number of phenols is 1. The second-order valence-corrected chi connectivity index (χ2v) is 8.58. The number of pyridine rings is 1. The van der Waals surface area contributed by atoms with E-state index < -0.39 is 6.04 Å². The Morgan fingerprint density at radius 1 is 1.00 bits per heavy atom. The van der Waals surface area contributed by atoms with Gasteiger partial charge in [0, 0.05) is 17.5 Å². The molecular formula is C28H22N6O2. The topological polar surface area (TPSA) is 105 Å². The van der Waals surface area contributed by atoms with E-state index in [1.54, 1.807) is 53.5 Å². The zero-order valence-corrected chi connectivity index (χ0v) is 19.4. The Hall–Kier alpha value is -4.98. The summed E-state index contributed by atoms with van der Waals surface area (Å²) in [5, 5.41) is 23.1. The van der Waals surface area contributed by atoms with Gasteiger partial charge in [-0.2, -0.15) is 4.98 Å². The minimum Gasteiger partial charge on any atom is -0.508 e. The number of carbonyl (C=O) groups is 1. The number of allylic oxidation sites excluding steroid dienone is 1. The highest BCUT2D eigenvalue weighted by atomic mass is 16.3. The van der Waals surface area contributed by atoms with E-state index in [1.165, 1.54) is 0 Å². The number of aromatic nitrogens is 4. The van der Waals surface area contributed by atoms with E-state index in [1.807, 2.05) is 37.3 Å². The van der Waals surface area contributed by atoms with Gasteiger partial charge in [-0.15, -0.1) is 5.10 Å². The fourth-order valence-corrected chi connectivity index (χ4v) is 4.58. The fraction of sp³-hybridized carbons (Fsp3) is 0.0714. The van der Waals surface area contributed by atoms with E-state index in [9.17, 15) is 9.90 Å². The lowest BCUT2D eigenvalue weighted by Gasteiger charge is -2.28. The Morgan fingerprint density at radius 2 is 1.81 bits per heavy atom. The fourth-order valence-electron chi connectivity index (χ4n) is 4.58. The zero-order chi connectivity index (χ0) is 24.6.